The van der Waals surface area contributed by atoms with Crippen LogP contribution in [0.5, 0.6) is 0 Å². The molecule has 0 fully saturated rings. The zero-order valence-electron chi connectivity index (χ0n) is 34.2. The summed E-state index contributed by atoms with van der Waals surface area (Å²) in [7, 11) is 0. The van der Waals surface area contributed by atoms with Crippen LogP contribution in [0.15, 0.2) is 231 Å². The molecule has 4 nitrogen and oxygen atoms in total. The molecule has 294 valence electrons. The van der Waals surface area contributed by atoms with Crippen molar-refractivity contribution in [2.45, 2.75) is 0 Å². The molecule has 0 saturated heterocycles. The number of aromatic nitrogens is 4. The van der Waals surface area contributed by atoms with E-state index in [1.165, 1.54) is 21.7 Å². The van der Waals surface area contributed by atoms with Crippen LogP contribution in [0.2, 0.25) is 0 Å². The van der Waals surface area contributed by atoms with Crippen LogP contribution in [0, 0.1) is 0 Å². The molecule has 3 aromatic heterocycles. The molecule has 0 aliphatic carbocycles. The van der Waals surface area contributed by atoms with Gasteiger partial charge in [-0.15, -0.1) is 0 Å². The van der Waals surface area contributed by atoms with E-state index in [9.17, 15) is 0 Å². The quantitative estimate of drug-likeness (QED) is 0.151. The highest BCUT2D eigenvalue weighted by Gasteiger charge is 2.20. The molecular formula is C59H38N4. The Morgan fingerprint density at radius 2 is 0.794 bits per heavy atom. The van der Waals surface area contributed by atoms with Gasteiger partial charge < -0.3 is 4.57 Å². The highest BCUT2D eigenvalue weighted by atomic mass is 15.0. The molecule has 0 amide bonds. The number of hydrogen-bond acceptors (Lipinski definition) is 3. The maximum Gasteiger partial charge on any atom is 0.160 e. The number of benzene rings is 9. The Hall–Kier alpha value is -8.47. The molecule has 0 N–H and O–H groups in total. The first-order chi connectivity index (χ1) is 31.2. The van der Waals surface area contributed by atoms with Crippen molar-refractivity contribution in [2.24, 2.45) is 0 Å². The SMILES string of the molecule is c1ccc(-c2cccc(-c3cc(-c4cccc(-c5ccccc5)c4)nc(-c4cccc(-c5nc6ccccc6c6c5ccc5c6c6ccccc6n5-c5ccccc5)c4)n3)c2)cc1. The van der Waals surface area contributed by atoms with Crippen LogP contribution in [0.25, 0.3) is 117 Å². The lowest BCUT2D eigenvalue weighted by atomic mass is 9.95. The normalized spacial score (nSPS) is 11.5. The third-order valence-electron chi connectivity index (χ3n) is 12.2. The van der Waals surface area contributed by atoms with Gasteiger partial charge in [0.05, 0.1) is 33.6 Å². The summed E-state index contributed by atoms with van der Waals surface area (Å²) in [5.41, 5.74) is 15.6. The van der Waals surface area contributed by atoms with Gasteiger partial charge in [-0.05, 0) is 76.9 Å². The highest BCUT2D eigenvalue weighted by Crippen LogP contribution is 2.43. The number of hydrogen-bond donors (Lipinski definition) is 0. The fraction of sp³-hybridized carbons (Fsp3) is 0. The third kappa shape index (κ3) is 6.44. The zero-order valence-corrected chi connectivity index (χ0v) is 34.2. The van der Waals surface area contributed by atoms with E-state index in [1.54, 1.807) is 0 Å². The predicted molar refractivity (Wildman–Crippen MR) is 262 cm³/mol. The van der Waals surface area contributed by atoms with E-state index in [1.807, 2.05) is 0 Å². The molecule has 0 unspecified atom stereocenters. The Morgan fingerprint density at radius 1 is 0.286 bits per heavy atom. The first-order valence-corrected chi connectivity index (χ1v) is 21.4. The summed E-state index contributed by atoms with van der Waals surface area (Å²) >= 11 is 0. The largest absolute Gasteiger partial charge is 0.309 e. The number of nitrogens with zero attached hydrogens (tertiary/aromatic N) is 4. The summed E-state index contributed by atoms with van der Waals surface area (Å²) in [4.78, 5) is 16.1. The van der Waals surface area contributed by atoms with Crippen LogP contribution in [-0.4, -0.2) is 19.5 Å². The molecule has 3 heterocycles. The predicted octanol–water partition coefficient (Wildman–Crippen LogP) is 15.3. The molecule has 9 aromatic carbocycles. The van der Waals surface area contributed by atoms with E-state index in [4.69, 9.17) is 15.0 Å². The van der Waals surface area contributed by atoms with E-state index in [0.717, 1.165) is 89.1 Å². The topological polar surface area (TPSA) is 43.6 Å². The Kier molecular flexibility index (Phi) is 8.79. The zero-order chi connectivity index (χ0) is 41.7. The second-order valence-corrected chi connectivity index (χ2v) is 16.0. The second-order valence-electron chi connectivity index (χ2n) is 16.0. The average Bonchev–Trinajstić information content (AvgIpc) is 3.71. The van der Waals surface area contributed by atoms with Crippen molar-refractivity contribution in [1.29, 1.82) is 0 Å². The molecule has 63 heavy (non-hydrogen) atoms. The number of para-hydroxylation sites is 3. The van der Waals surface area contributed by atoms with Crippen molar-refractivity contribution in [2.75, 3.05) is 0 Å². The first-order valence-electron chi connectivity index (χ1n) is 21.4. The van der Waals surface area contributed by atoms with Crippen molar-refractivity contribution in [3.05, 3.63) is 231 Å². The maximum atomic E-state index is 5.42. The van der Waals surface area contributed by atoms with Gasteiger partial charge in [0, 0.05) is 54.9 Å². The van der Waals surface area contributed by atoms with Crippen molar-refractivity contribution in [3.8, 4) is 73.1 Å². The van der Waals surface area contributed by atoms with E-state index < -0.39 is 0 Å². The molecule has 0 spiro atoms. The fourth-order valence-electron chi connectivity index (χ4n) is 9.23. The van der Waals surface area contributed by atoms with Gasteiger partial charge in [-0.2, -0.15) is 0 Å². The Labute approximate surface area is 365 Å². The lowest BCUT2D eigenvalue weighted by Gasteiger charge is -2.14. The Bertz CT molecular complexity index is 3570. The monoisotopic (exact) mass is 802 g/mol. The van der Waals surface area contributed by atoms with Gasteiger partial charge in [0.2, 0.25) is 0 Å². The minimum Gasteiger partial charge on any atom is -0.309 e. The van der Waals surface area contributed by atoms with Gasteiger partial charge >= 0.3 is 0 Å². The summed E-state index contributed by atoms with van der Waals surface area (Å²) < 4.78 is 2.38. The van der Waals surface area contributed by atoms with E-state index in [-0.39, 0.29) is 0 Å². The minimum absolute atomic E-state index is 0.651. The van der Waals surface area contributed by atoms with Crippen molar-refractivity contribution < 1.29 is 0 Å². The lowest BCUT2D eigenvalue weighted by molar-refractivity contribution is 1.18. The Morgan fingerprint density at radius 3 is 1.46 bits per heavy atom. The smallest absolute Gasteiger partial charge is 0.160 e. The lowest BCUT2D eigenvalue weighted by Crippen LogP contribution is -1.97. The average molecular weight is 803 g/mol. The molecule has 0 aliphatic rings. The van der Waals surface area contributed by atoms with E-state index >= 15 is 0 Å². The third-order valence-corrected chi connectivity index (χ3v) is 12.2. The number of fused-ring (bicyclic) bond motifs is 7. The first kappa shape index (κ1) is 36.4. The standard InChI is InChI=1S/C59H38N4/c1-4-17-39(18-5-1)41-21-14-23-43(35-41)52-38-53(44-24-15-22-42(36-44)40-19-6-2-7-20-40)62-59(61-52)46-26-16-25-45(37-46)58-50-33-34-55-57(56(50)48-29-10-12-31-51(48)60-58)49-30-11-13-32-54(49)63(55)47-27-8-3-9-28-47/h1-38H. The van der Waals surface area contributed by atoms with Gasteiger partial charge in [-0.25, -0.2) is 15.0 Å². The van der Waals surface area contributed by atoms with Crippen LogP contribution in [0.1, 0.15) is 0 Å². The number of pyridine rings is 1. The molecule has 0 bridgehead atoms. The van der Waals surface area contributed by atoms with Gasteiger partial charge in [-0.1, -0.05) is 176 Å². The number of rotatable bonds is 7. The second kappa shape index (κ2) is 15.2. The van der Waals surface area contributed by atoms with Crippen LogP contribution in [0.3, 0.4) is 0 Å². The van der Waals surface area contributed by atoms with Crippen molar-refractivity contribution in [1.82, 2.24) is 19.5 Å². The van der Waals surface area contributed by atoms with Gasteiger partial charge in [0.15, 0.2) is 5.82 Å². The van der Waals surface area contributed by atoms with Gasteiger partial charge in [-0.3, -0.25) is 0 Å². The summed E-state index contributed by atoms with van der Waals surface area (Å²) in [6, 6.07) is 81.4. The van der Waals surface area contributed by atoms with Crippen molar-refractivity contribution in [3.63, 3.8) is 0 Å². The summed E-state index contributed by atoms with van der Waals surface area (Å²) in [5, 5.41) is 5.86. The van der Waals surface area contributed by atoms with Crippen LogP contribution in [-0.2, 0) is 0 Å². The van der Waals surface area contributed by atoms with E-state index in [2.05, 4.69) is 235 Å². The molecule has 4 heteroatoms. The molecular weight excluding hydrogens is 765 g/mol. The Balaban J connectivity index is 1.06. The van der Waals surface area contributed by atoms with Crippen LogP contribution < -0.4 is 0 Å². The molecule has 12 aromatic rings. The van der Waals surface area contributed by atoms with Crippen LogP contribution in [0.4, 0.5) is 0 Å². The van der Waals surface area contributed by atoms with Gasteiger partial charge in [0.1, 0.15) is 0 Å². The fourth-order valence-corrected chi connectivity index (χ4v) is 9.23. The molecule has 0 aliphatic heterocycles. The van der Waals surface area contributed by atoms with Crippen molar-refractivity contribution >= 4 is 43.5 Å². The maximum absolute atomic E-state index is 5.42. The van der Waals surface area contributed by atoms with Gasteiger partial charge in [0.25, 0.3) is 0 Å². The summed E-state index contributed by atoms with van der Waals surface area (Å²) in [6.07, 6.45) is 0. The highest BCUT2D eigenvalue weighted by molar-refractivity contribution is 6.29. The molecule has 0 radical (unpaired) electrons. The summed E-state index contributed by atoms with van der Waals surface area (Å²) in [5.74, 6) is 0.651. The summed E-state index contributed by atoms with van der Waals surface area (Å²) in [6.45, 7) is 0. The minimum atomic E-state index is 0.651. The van der Waals surface area contributed by atoms with Crippen LogP contribution >= 0.6 is 0 Å². The molecule has 0 atom stereocenters. The molecule has 0 saturated carbocycles. The molecule has 12 rings (SSSR count). The van der Waals surface area contributed by atoms with E-state index in [0.29, 0.717) is 5.82 Å².